The largest absolute Gasteiger partial charge is 0.368 e. The maximum atomic E-state index is 5.56. The number of aromatic nitrogens is 3. The summed E-state index contributed by atoms with van der Waals surface area (Å²) in [5.74, 6) is 1.23. The quantitative estimate of drug-likeness (QED) is 0.534. The predicted molar refractivity (Wildman–Crippen MR) is 51.1 cm³/mol. The molecule has 0 spiro atoms. The highest BCUT2D eigenvalue weighted by atomic mass is 35.5. The molecule has 6 nitrogen and oxygen atoms in total. The second kappa shape index (κ2) is 4.20. The third-order valence-electron chi connectivity index (χ3n) is 1.14. The topological polar surface area (TPSA) is 80.0 Å². The van der Waals surface area contributed by atoms with E-state index in [0.717, 1.165) is 0 Å². The zero-order valence-electron chi connectivity index (χ0n) is 7.45. The lowest BCUT2D eigenvalue weighted by molar-refractivity contribution is 0.488. The monoisotopic (exact) mass is 202 g/mol. The van der Waals surface area contributed by atoms with Gasteiger partial charge >= 0.3 is 0 Å². The fourth-order valence-corrected chi connectivity index (χ4v) is 0.867. The van der Waals surface area contributed by atoms with Gasteiger partial charge in [-0.2, -0.15) is 15.0 Å². The van der Waals surface area contributed by atoms with Crippen LogP contribution >= 0.6 is 11.6 Å². The Morgan fingerprint density at radius 1 is 1.38 bits per heavy atom. The molecule has 0 saturated heterocycles. The molecule has 0 bridgehead atoms. The van der Waals surface area contributed by atoms with Gasteiger partial charge in [0.15, 0.2) is 5.82 Å². The van der Waals surface area contributed by atoms with Crippen molar-refractivity contribution in [2.45, 2.75) is 5.88 Å². The van der Waals surface area contributed by atoms with Crippen LogP contribution in [-0.2, 0) is 5.88 Å². The molecule has 0 aliphatic heterocycles. The third kappa shape index (κ3) is 3.00. The Balaban J connectivity index is 2.88. The molecule has 0 aromatic carbocycles. The van der Waals surface area contributed by atoms with Crippen LogP contribution in [0.5, 0.6) is 0 Å². The van der Waals surface area contributed by atoms with E-state index in [1.807, 2.05) is 14.1 Å². The van der Waals surface area contributed by atoms with Crippen LogP contribution in [0.1, 0.15) is 5.82 Å². The second-order valence-electron chi connectivity index (χ2n) is 2.57. The summed E-state index contributed by atoms with van der Waals surface area (Å²) in [7, 11) is 3.64. The molecule has 0 fully saturated rings. The van der Waals surface area contributed by atoms with Gasteiger partial charge in [0.25, 0.3) is 0 Å². The Labute approximate surface area is 81.1 Å². The van der Waals surface area contributed by atoms with Crippen LogP contribution in [-0.4, -0.2) is 34.1 Å². The van der Waals surface area contributed by atoms with Gasteiger partial charge in [-0.3, -0.25) is 5.43 Å². The van der Waals surface area contributed by atoms with Gasteiger partial charge in [-0.25, -0.2) is 5.01 Å². The van der Waals surface area contributed by atoms with Gasteiger partial charge in [-0.1, -0.05) is 0 Å². The van der Waals surface area contributed by atoms with Gasteiger partial charge < -0.3 is 5.73 Å². The number of alkyl halides is 1. The summed E-state index contributed by atoms with van der Waals surface area (Å²) in [6, 6.07) is 0. The molecule has 0 amide bonds. The number of nitrogens with one attached hydrogen (secondary N) is 1. The van der Waals surface area contributed by atoms with Gasteiger partial charge in [-0.05, 0) is 0 Å². The predicted octanol–water partition coefficient (Wildman–Crippen LogP) is 0.0811. The second-order valence-corrected chi connectivity index (χ2v) is 2.84. The van der Waals surface area contributed by atoms with Gasteiger partial charge in [0.1, 0.15) is 0 Å². The molecular weight excluding hydrogens is 192 g/mol. The molecule has 0 unspecified atom stereocenters. The SMILES string of the molecule is CN(C)Nc1nc(N)nc(CCl)n1. The summed E-state index contributed by atoms with van der Waals surface area (Å²) in [5, 5.41) is 1.70. The number of nitrogens with two attached hydrogens (primary N) is 1. The zero-order chi connectivity index (χ0) is 9.84. The molecule has 0 aliphatic carbocycles. The van der Waals surface area contributed by atoms with Gasteiger partial charge in [0, 0.05) is 14.1 Å². The first-order valence-corrected chi connectivity index (χ1v) is 4.15. The number of hydrazine groups is 1. The minimum absolute atomic E-state index is 0.162. The van der Waals surface area contributed by atoms with Crippen molar-refractivity contribution in [2.24, 2.45) is 0 Å². The number of nitrogen functional groups attached to an aromatic ring is 1. The molecule has 0 saturated carbocycles. The maximum Gasteiger partial charge on any atom is 0.242 e. The molecule has 3 N–H and O–H groups in total. The summed E-state index contributed by atoms with van der Waals surface area (Å²) in [6.07, 6.45) is 0. The lowest BCUT2D eigenvalue weighted by Gasteiger charge is -2.11. The van der Waals surface area contributed by atoms with Crippen LogP contribution in [0.4, 0.5) is 11.9 Å². The number of hydrogen-bond donors (Lipinski definition) is 2. The first-order valence-electron chi connectivity index (χ1n) is 3.62. The summed E-state index contributed by atoms with van der Waals surface area (Å²) >= 11 is 5.56. The average Bonchev–Trinajstić information content (AvgIpc) is 2.01. The highest BCUT2D eigenvalue weighted by Crippen LogP contribution is 2.04. The third-order valence-corrected chi connectivity index (χ3v) is 1.38. The van der Waals surface area contributed by atoms with Gasteiger partial charge in [0.2, 0.25) is 11.9 Å². The highest BCUT2D eigenvalue weighted by Gasteiger charge is 2.02. The maximum absolute atomic E-state index is 5.56. The van der Waals surface area contributed by atoms with E-state index >= 15 is 0 Å². The van der Waals surface area contributed by atoms with Crippen LogP contribution < -0.4 is 11.2 Å². The van der Waals surface area contributed by atoms with Crippen LogP contribution in [0.2, 0.25) is 0 Å². The van der Waals surface area contributed by atoms with E-state index < -0.39 is 0 Å². The first kappa shape index (κ1) is 9.94. The molecular formula is C6H11ClN6. The normalized spacial score (nSPS) is 10.5. The summed E-state index contributed by atoms with van der Waals surface area (Å²) in [5.41, 5.74) is 8.28. The summed E-state index contributed by atoms with van der Waals surface area (Å²) < 4.78 is 0. The van der Waals surface area contributed by atoms with Crippen molar-refractivity contribution in [3.05, 3.63) is 5.82 Å². The smallest absolute Gasteiger partial charge is 0.242 e. The zero-order valence-corrected chi connectivity index (χ0v) is 8.21. The molecule has 7 heteroatoms. The minimum atomic E-state index is 0.162. The fraction of sp³-hybridized carbons (Fsp3) is 0.500. The Morgan fingerprint density at radius 2 is 2.08 bits per heavy atom. The molecule has 0 atom stereocenters. The molecule has 1 aromatic rings. The van der Waals surface area contributed by atoms with E-state index in [2.05, 4.69) is 20.4 Å². The van der Waals surface area contributed by atoms with Crippen molar-refractivity contribution in [2.75, 3.05) is 25.3 Å². The first-order chi connectivity index (χ1) is 6.11. The number of anilines is 2. The minimum Gasteiger partial charge on any atom is -0.368 e. The van der Waals surface area contributed by atoms with Gasteiger partial charge in [-0.15, -0.1) is 11.6 Å². The van der Waals surface area contributed by atoms with Crippen molar-refractivity contribution in [1.82, 2.24) is 20.0 Å². The van der Waals surface area contributed by atoms with E-state index in [4.69, 9.17) is 17.3 Å². The Hall–Kier alpha value is -1.14. The average molecular weight is 203 g/mol. The van der Waals surface area contributed by atoms with Crippen LogP contribution in [0, 0.1) is 0 Å². The molecule has 1 aromatic heterocycles. The van der Waals surface area contributed by atoms with Crippen molar-refractivity contribution in [1.29, 1.82) is 0 Å². The Morgan fingerprint density at radius 3 is 2.62 bits per heavy atom. The van der Waals surface area contributed by atoms with E-state index in [-0.39, 0.29) is 11.8 Å². The molecule has 1 heterocycles. The van der Waals surface area contributed by atoms with Crippen molar-refractivity contribution in [3.8, 4) is 0 Å². The lowest BCUT2D eigenvalue weighted by atomic mass is 10.7. The fourth-order valence-electron chi connectivity index (χ4n) is 0.748. The van der Waals surface area contributed by atoms with E-state index in [0.29, 0.717) is 11.8 Å². The summed E-state index contributed by atoms with van der Waals surface area (Å²) in [6.45, 7) is 0. The number of rotatable bonds is 3. The highest BCUT2D eigenvalue weighted by molar-refractivity contribution is 6.16. The number of hydrogen-bond acceptors (Lipinski definition) is 6. The molecule has 0 aliphatic rings. The van der Waals surface area contributed by atoms with Crippen molar-refractivity contribution in [3.63, 3.8) is 0 Å². The van der Waals surface area contributed by atoms with Crippen LogP contribution in [0.3, 0.4) is 0 Å². The lowest BCUT2D eigenvalue weighted by Crippen LogP contribution is -2.22. The summed E-state index contributed by atoms with van der Waals surface area (Å²) in [4.78, 5) is 11.7. The van der Waals surface area contributed by atoms with Gasteiger partial charge in [0.05, 0.1) is 5.88 Å². The molecule has 1 rings (SSSR count). The molecule has 13 heavy (non-hydrogen) atoms. The molecule has 72 valence electrons. The standard InChI is InChI=1S/C6H11ClN6/c1-13(2)12-6-10-4(3-7)9-5(8)11-6/h3H2,1-2H3,(H3,8,9,10,11,12). The van der Waals surface area contributed by atoms with Crippen LogP contribution in [0.25, 0.3) is 0 Å². The van der Waals surface area contributed by atoms with E-state index in [1.54, 1.807) is 5.01 Å². The molecule has 0 radical (unpaired) electrons. The Bertz CT molecular complexity index is 288. The number of halogens is 1. The van der Waals surface area contributed by atoms with E-state index in [1.165, 1.54) is 0 Å². The van der Waals surface area contributed by atoms with Crippen molar-refractivity contribution < 1.29 is 0 Å². The number of nitrogens with zero attached hydrogens (tertiary/aromatic N) is 4. The van der Waals surface area contributed by atoms with Crippen LogP contribution in [0.15, 0.2) is 0 Å². The Kier molecular flexibility index (Phi) is 3.21. The van der Waals surface area contributed by atoms with E-state index in [9.17, 15) is 0 Å². The van der Waals surface area contributed by atoms with Crippen molar-refractivity contribution >= 4 is 23.5 Å².